The van der Waals surface area contributed by atoms with Gasteiger partial charge in [-0.1, -0.05) is 12.1 Å². The predicted octanol–water partition coefficient (Wildman–Crippen LogP) is 2.21. The lowest BCUT2D eigenvalue weighted by Gasteiger charge is -2.34. The van der Waals surface area contributed by atoms with Crippen molar-refractivity contribution in [1.29, 1.82) is 0 Å². The maximum Gasteiger partial charge on any atom is 0.348 e. The summed E-state index contributed by atoms with van der Waals surface area (Å²) in [6, 6.07) is 12.8. The van der Waals surface area contributed by atoms with E-state index in [4.69, 9.17) is 14.2 Å². The largest absolute Gasteiger partial charge is 0.494 e. The van der Waals surface area contributed by atoms with E-state index in [0.29, 0.717) is 23.8 Å². The second kappa shape index (κ2) is 7.25. The van der Waals surface area contributed by atoms with E-state index in [1.807, 2.05) is 6.92 Å². The summed E-state index contributed by atoms with van der Waals surface area (Å²) in [6.45, 7) is 2.17. The van der Waals surface area contributed by atoms with Crippen LogP contribution in [-0.4, -0.2) is 40.8 Å². The molecule has 0 fully saturated rings. The van der Waals surface area contributed by atoms with Gasteiger partial charge in [-0.2, -0.15) is 0 Å². The molecular weight excluding hydrogens is 358 g/mol. The van der Waals surface area contributed by atoms with E-state index in [9.17, 15) is 13.2 Å². The van der Waals surface area contributed by atoms with Crippen LogP contribution in [0.1, 0.15) is 6.92 Å². The van der Waals surface area contributed by atoms with Gasteiger partial charge in [0.05, 0.1) is 30.8 Å². The fourth-order valence-corrected chi connectivity index (χ4v) is 4.16. The van der Waals surface area contributed by atoms with Crippen LogP contribution in [0, 0.1) is 0 Å². The Morgan fingerprint density at radius 1 is 1.19 bits per heavy atom. The molecule has 1 unspecified atom stereocenters. The molecule has 0 radical (unpaired) electrons. The van der Waals surface area contributed by atoms with Crippen molar-refractivity contribution in [2.24, 2.45) is 0 Å². The SMILES string of the molecule is CCOc1ccc(S(=O)(=O)N2CC(C(=O)OC)Oc3ccccc32)cc1. The van der Waals surface area contributed by atoms with Crippen LogP contribution in [0.4, 0.5) is 5.69 Å². The van der Waals surface area contributed by atoms with Gasteiger partial charge in [0, 0.05) is 0 Å². The molecule has 26 heavy (non-hydrogen) atoms. The average molecular weight is 377 g/mol. The predicted molar refractivity (Wildman–Crippen MR) is 95.0 cm³/mol. The van der Waals surface area contributed by atoms with Crippen molar-refractivity contribution in [3.63, 3.8) is 0 Å². The van der Waals surface area contributed by atoms with Crippen LogP contribution < -0.4 is 13.8 Å². The maximum absolute atomic E-state index is 13.2. The Labute approximate surface area is 152 Å². The summed E-state index contributed by atoms with van der Waals surface area (Å²) < 4.78 is 43.1. The third-order valence-electron chi connectivity index (χ3n) is 3.92. The van der Waals surface area contributed by atoms with Crippen LogP contribution in [0.25, 0.3) is 0 Å². The normalized spacial score (nSPS) is 16.4. The molecule has 1 heterocycles. The second-order valence-electron chi connectivity index (χ2n) is 5.54. The molecule has 0 N–H and O–H groups in total. The Bertz CT molecular complexity index is 894. The summed E-state index contributed by atoms with van der Waals surface area (Å²) in [7, 11) is -2.66. The van der Waals surface area contributed by atoms with Gasteiger partial charge in [0.1, 0.15) is 11.5 Å². The molecule has 1 atom stereocenters. The van der Waals surface area contributed by atoms with Gasteiger partial charge in [-0.15, -0.1) is 0 Å². The lowest BCUT2D eigenvalue weighted by Crippen LogP contribution is -2.47. The van der Waals surface area contributed by atoms with Crippen LogP contribution in [0.5, 0.6) is 11.5 Å². The zero-order valence-electron chi connectivity index (χ0n) is 14.4. The van der Waals surface area contributed by atoms with Gasteiger partial charge in [0.2, 0.25) is 6.10 Å². The van der Waals surface area contributed by atoms with Crippen molar-refractivity contribution < 1.29 is 27.4 Å². The fourth-order valence-electron chi connectivity index (χ4n) is 2.69. The monoisotopic (exact) mass is 377 g/mol. The average Bonchev–Trinajstić information content (AvgIpc) is 2.67. The number of rotatable bonds is 5. The summed E-state index contributed by atoms with van der Waals surface area (Å²) >= 11 is 0. The number of hydrogen-bond acceptors (Lipinski definition) is 6. The van der Waals surface area contributed by atoms with Gasteiger partial charge in [-0.25, -0.2) is 13.2 Å². The molecular formula is C18H19NO6S. The summed E-state index contributed by atoms with van der Waals surface area (Å²) in [5, 5.41) is 0. The molecule has 3 rings (SSSR count). The molecule has 0 aromatic heterocycles. The second-order valence-corrected chi connectivity index (χ2v) is 7.40. The number of nitrogens with zero attached hydrogens (tertiary/aromatic N) is 1. The lowest BCUT2D eigenvalue weighted by molar-refractivity contribution is -0.148. The van der Waals surface area contributed by atoms with Crippen molar-refractivity contribution in [1.82, 2.24) is 0 Å². The van der Waals surface area contributed by atoms with Gasteiger partial charge in [0.25, 0.3) is 10.0 Å². The standard InChI is InChI=1S/C18H19NO6S/c1-3-24-13-8-10-14(11-9-13)26(21,22)19-12-17(18(20)23-2)25-16-7-5-4-6-15(16)19/h4-11,17H,3,12H2,1-2H3. The molecule has 7 nitrogen and oxygen atoms in total. The van der Waals surface area contributed by atoms with E-state index in [1.165, 1.54) is 23.5 Å². The van der Waals surface area contributed by atoms with Crippen molar-refractivity contribution in [2.45, 2.75) is 17.9 Å². The number of carbonyl (C=O) groups is 1. The van der Waals surface area contributed by atoms with Gasteiger partial charge < -0.3 is 14.2 Å². The summed E-state index contributed by atoms with van der Waals surface area (Å²) in [5.74, 6) is 0.260. The number of methoxy groups -OCH3 is 1. The zero-order valence-corrected chi connectivity index (χ0v) is 15.2. The third-order valence-corrected chi connectivity index (χ3v) is 5.72. The Kier molecular flexibility index (Phi) is 5.03. The minimum Gasteiger partial charge on any atom is -0.494 e. The molecule has 1 aliphatic heterocycles. The number of fused-ring (bicyclic) bond motifs is 1. The molecule has 0 saturated carbocycles. The summed E-state index contributed by atoms with van der Waals surface area (Å²) in [5.41, 5.74) is 0.376. The minimum atomic E-state index is -3.89. The first kappa shape index (κ1) is 18.1. The minimum absolute atomic E-state index is 0.0984. The Morgan fingerprint density at radius 2 is 1.88 bits per heavy atom. The first-order chi connectivity index (χ1) is 12.5. The maximum atomic E-state index is 13.2. The topological polar surface area (TPSA) is 82.1 Å². The summed E-state index contributed by atoms with van der Waals surface area (Å²) in [6.07, 6.45) is -1.03. The Morgan fingerprint density at radius 3 is 2.54 bits per heavy atom. The molecule has 8 heteroatoms. The highest BCUT2D eigenvalue weighted by Crippen LogP contribution is 2.37. The van der Waals surface area contributed by atoms with Crippen LogP contribution in [0.15, 0.2) is 53.4 Å². The Hall–Kier alpha value is -2.74. The number of sulfonamides is 1. The van der Waals surface area contributed by atoms with Crippen LogP contribution in [0.3, 0.4) is 0 Å². The molecule has 0 spiro atoms. The molecule has 0 saturated heterocycles. The quantitative estimate of drug-likeness (QED) is 0.743. The number of anilines is 1. The van der Waals surface area contributed by atoms with Crippen LogP contribution >= 0.6 is 0 Å². The van der Waals surface area contributed by atoms with E-state index in [-0.39, 0.29) is 11.4 Å². The van der Waals surface area contributed by atoms with E-state index in [0.717, 1.165) is 0 Å². The number of ether oxygens (including phenoxy) is 3. The highest BCUT2D eigenvalue weighted by Gasteiger charge is 2.37. The highest BCUT2D eigenvalue weighted by molar-refractivity contribution is 7.92. The number of hydrogen-bond donors (Lipinski definition) is 0. The van der Waals surface area contributed by atoms with Gasteiger partial charge >= 0.3 is 5.97 Å². The molecule has 1 aliphatic rings. The van der Waals surface area contributed by atoms with Crippen molar-refractivity contribution in [3.05, 3.63) is 48.5 Å². The highest BCUT2D eigenvalue weighted by atomic mass is 32.2. The lowest BCUT2D eigenvalue weighted by atomic mass is 10.2. The number of benzene rings is 2. The van der Waals surface area contributed by atoms with Crippen molar-refractivity contribution >= 4 is 21.7 Å². The van der Waals surface area contributed by atoms with Gasteiger partial charge in [0.15, 0.2) is 0 Å². The zero-order chi connectivity index (χ0) is 18.7. The number of carbonyl (C=O) groups excluding carboxylic acids is 1. The molecule has 0 aliphatic carbocycles. The number of esters is 1. The van der Waals surface area contributed by atoms with Gasteiger partial charge in [-0.05, 0) is 43.3 Å². The fraction of sp³-hybridized carbons (Fsp3) is 0.278. The molecule has 0 bridgehead atoms. The first-order valence-corrected chi connectivity index (χ1v) is 9.50. The summed E-state index contributed by atoms with van der Waals surface area (Å²) in [4.78, 5) is 12.0. The number of para-hydroxylation sites is 2. The van der Waals surface area contributed by atoms with Crippen LogP contribution in [0.2, 0.25) is 0 Å². The smallest absolute Gasteiger partial charge is 0.348 e. The van der Waals surface area contributed by atoms with E-state index >= 15 is 0 Å². The van der Waals surface area contributed by atoms with Crippen LogP contribution in [-0.2, 0) is 19.6 Å². The third kappa shape index (κ3) is 3.32. The molecule has 0 amide bonds. The van der Waals surface area contributed by atoms with E-state index in [2.05, 4.69) is 0 Å². The molecule has 2 aromatic carbocycles. The molecule has 2 aromatic rings. The van der Waals surface area contributed by atoms with Crippen molar-refractivity contribution in [3.8, 4) is 11.5 Å². The van der Waals surface area contributed by atoms with Gasteiger partial charge in [-0.3, -0.25) is 4.31 Å². The first-order valence-electron chi connectivity index (χ1n) is 8.06. The Balaban J connectivity index is 2.00. The van der Waals surface area contributed by atoms with Crippen molar-refractivity contribution in [2.75, 3.05) is 24.6 Å². The van der Waals surface area contributed by atoms with E-state index in [1.54, 1.807) is 36.4 Å². The van der Waals surface area contributed by atoms with E-state index < -0.39 is 22.1 Å². The molecule has 138 valence electrons.